The fraction of sp³-hybridized carbons (Fsp3) is 0.941. The smallest absolute Gasteiger partial charge is 0.220 e. The van der Waals surface area contributed by atoms with Crippen molar-refractivity contribution in [3.63, 3.8) is 0 Å². The number of nitrogens with one attached hydrogen (secondary N) is 1. The molecule has 14 nitrogen and oxygen atoms in total. The molecule has 99 heavy (non-hydrogen) atoms. The van der Waals surface area contributed by atoms with E-state index in [4.69, 9.17) is 18.9 Å². The highest BCUT2D eigenvalue weighted by Crippen LogP contribution is 2.31. The largest absolute Gasteiger partial charge is 0.394 e. The Morgan fingerprint density at radius 2 is 0.646 bits per heavy atom. The predicted molar refractivity (Wildman–Crippen MR) is 411 cm³/mol. The van der Waals surface area contributed by atoms with Gasteiger partial charge in [0.2, 0.25) is 5.91 Å². The number of allylic oxidation sites excluding steroid dienone is 3. The number of ether oxygens (including phenoxy) is 4. The number of rotatable bonds is 74. The Hall–Kier alpha value is -1.53. The van der Waals surface area contributed by atoms with E-state index in [1.165, 1.54) is 353 Å². The first-order valence-corrected chi connectivity index (χ1v) is 43.1. The van der Waals surface area contributed by atoms with Crippen LogP contribution in [0.5, 0.6) is 0 Å². The third kappa shape index (κ3) is 52.2. The van der Waals surface area contributed by atoms with Crippen LogP contribution in [0.2, 0.25) is 0 Å². The lowest BCUT2D eigenvalue weighted by Gasteiger charge is -2.46. The van der Waals surface area contributed by atoms with Crippen LogP contribution in [0.25, 0.3) is 0 Å². The van der Waals surface area contributed by atoms with Gasteiger partial charge in [-0.15, -0.1) is 0 Å². The zero-order chi connectivity index (χ0) is 71.5. The Bertz CT molecular complexity index is 1760. The summed E-state index contributed by atoms with van der Waals surface area (Å²) in [5.74, 6) is -0.239. The molecule has 2 fully saturated rings. The maximum absolute atomic E-state index is 13.4. The van der Waals surface area contributed by atoms with E-state index in [2.05, 4.69) is 31.3 Å². The summed E-state index contributed by atoms with van der Waals surface area (Å²) in [5, 5.41) is 87.7. The third-order valence-corrected chi connectivity index (χ3v) is 21.4. The minimum absolute atomic E-state index is 0.239. The van der Waals surface area contributed by atoms with E-state index in [0.717, 1.165) is 32.1 Å². The second-order valence-corrected chi connectivity index (χ2v) is 30.7. The summed E-state index contributed by atoms with van der Waals surface area (Å²) in [6.45, 7) is 2.86. The lowest BCUT2D eigenvalue weighted by molar-refractivity contribution is -0.359. The van der Waals surface area contributed by atoms with Crippen molar-refractivity contribution in [2.45, 2.75) is 492 Å². The van der Waals surface area contributed by atoms with Crippen molar-refractivity contribution < 1.29 is 64.6 Å². The van der Waals surface area contributed by atoms with Crippen LogP contribution in [0.4, 0.5) is 0 Å². The predicted octanol–water partition coefficient (Wildman–Crippen LogP) is 20.2. The van der Waals surface area contributed by atoms with Crippen molar-refractivity contribution in [1.29, 1.82) is 0 Å². The molecule has 2 heterocycles. The maximum atomic E-state index is 13.4. The molecule has 2 aliphatic rings. The van der Waals surface area contributed by atoms with Crippen molar-refractivity contribution in [1.82, 2.24) is 5.32 Å². The van der Waals surface area contributed by atoms with Crippen LogP contribution in [-0.2, 0) is 23.7 Å². The highest BCUT2D eigenvalue weighted by atomic mass is 16.7. The fourth-order valence-electron chi connectivity index (χ4n) is 14.6. The molecule has 1 amide bonds. The number of unbranched alkanes of at least 4 members (excludes halogenated alkanes) is 59. The minimum Gasteiger partial charge on any atom is -0.394 e. The summed E-state index contributed by atoms with van der Waals surface area (Å²) < 4.78 is 22.9. The van der Waals surface area contributed by atoms with Gasteiger partial charge in [0.25, 0.3) is 0 Å². The summed E-state index contributed by atoms with van der Waals surface area (Å²) in [6, 6.07) is -0.931. The van der Waals surface area contributed by atoms with Crippen molar-refractivity contribution in [2.75, 3.05) is 19.8 Å². The van der Waals surface area contributed by atoms with E-state index in [0.29, 0.717) is 12.8 Å². The van der Waals surface area contributed by atoms with Crippen LogP contribution in [-0.4, -0.2) is 140 Å². The van der Waals surface area contributed by atoms with Gasteiger partial charge in [0.15, 0.2) is 12.6 Å². The number of carbonyl (C=O) groups excluding carboxylic acids is 1. The lowest BCUT2D eigenvalue weighted by atomic mass is 9.97. The van der Waals surface area contributed by atoms with Crippen LogP contribution >= 0.6 is 0 Å². The standard InChI is InChI=1S/C85H163NO13/c1-3-5-7-9-11-13-15-17-19-21-23-25-27-29-31-32-33-34-35-36-37-38-39-40-41-42-43-45-47-49-51-53-55-57-59-61-63-65-67-69-77(90)86-73(72-96-84-82(95)80(93)83(76(71-88)98-84)99-85-81(94)79(92)78(91)75(70-87)97-85)74(89)68-66-64-62-60-58-56-54-52-50-48-46-44-30-28-26-24-22-20-18-16-14-12-10-8-6-4-2/h58,60,66,68,73-76,78-85,87-89,91-95H,3-57,59,61-65,67,69-72H2,1-2H3,(H,86,90)/b60-58+,68-66+. The van der Waals surface area contributed by atoms with Crippen LogP contribution in [0.1, 0.15) is 418 Å². The van der Waals surface area contributed by atoms with Gasteiger partial charge in [-0.25, -0.2) is 0 Å². The van der Waals surface area contributed by atoms with E-state index < -0.39 is 86.8 Å². The molecule has 0 bridgehead atoms. The van der Waals surface area contributed by atoms with Gasteiger partial charge < -0.3 is 65.1 Å². The maximum Gasteiger partial charge on any atom is 0.220 e. The molecule has 0 aromatic heterocycles. The Kier molecular flexibility index (Phi) is 65.7. The van der Waals surface area contributed by atoms with Gasteiger partial charge in [0.1, 0.15) is 48.8 Å². The number of hydrogen-bond donors (Lipinski definition) is 9. The molecular formula is C85H163NO13. The molecule has 0 aromatic rings. The molecule has 14 heteroatoms. The Balaban J connectivity index is 1.57. The van der Waals surface area contributed by atoms with E-state index in [9.17, 15) is 45.6 Å². The van der Waals surface area contributed by atoms with Gasteiger partial charge in [-0.1, -0.05) is 404 Å². The first-order valence-electron chi connectivity index (χ1n) is 43.1. The average Bonchev–Trinajstić information content (AvgIpc) is 0.793. The summed E-state index contributed by atoms with van der Waals surface area (Å²) in [7, 11) is 0. The number of aliphatic hydroxyl groups is 8. The Morgan fingerprint density at radius 3 is 0.990 bits per heavy atom. The summed E-state index contributed by atoms with van der Waals surface area (Å²) in [6.07, 6.45) is 74.4. The molecule has 586 valence electrons. The molecule has 0 radical (unpaired) electrons. The second kappa shape index (κ2) is 69.5. The fourth-order valence-corrected chi connectivity index (χ4v) is 14.6. The molecular weight excluding hydrogens is 1240 g/mol. The topological polar surface area (TPSA) is 228 Å². The molecule has 2 aliphatic heterocycles. The normalized spacial score (nSPS) is 22.0. The highest BCUT2D eigenvalue weighted by molar-refractivity contribution is 5.76. The zero-order valence-corrected chi connectivity index (χ0v) is 64.5. The van der Waals surface area contributed by atoms with Gasteiger partial charge in [0, 0.05) is 6.42 Å². The van der Waals surface area contributed by atoms with E-state index >= 15 is 0 Å². The molecule has 2 rings (SSSR count). The average molecular weight is 1410 g/mol. The first kappa shape index (κ1) is 93.6. The number of aliphatic hydroxyl groups excluding tert-OH is 8. The molecule has 9 N–H and O–H groups in total. The molecule has 2 saturated heterocycles. The van der Waals surface area contributed by atoms with E-state index in [1.54, 1.807) is 6.08 Å². The molecule has 0 aliphatic carbocycles. The van der Waals surface area contributed by atoms with E-state index in [1.807, 2.05) is 6.08 Å². The first-order chi connectivity index (χ1) is 48.6. The van der Waals surface area contributed by atoms with Gasteiger partial charge in [-0.3, -0.25) is 4.79 Å². The SMILES string of the molecule is CCCCCCCCCCCCCCCCCCCCCC/C=C/CC/C=C/C(O)C(COC1OC(CO)C(OC2OC(CO)C(O)C(O)C2O)C(O)C1O)NC(=O)CCCCCCCCCCCCCCCCCCCCCCCCCCCCCCCCCCCCCCCCC. The van der Waals surface area contributed by atoms with Crippen LogP contribution < -0.4 is 5.32 Å². The van der Waals surface area contributed by atoms with Crippen LogP contribution in [0.15, 0.2) is 24.3 Å². The van der Waals surface area contributed by atoms with Gasteiger partial charge >= 0.3 is 0 Å². The summed E-state index contributed by atoms with van der Waals surface area (Å²) in [5.41, 5.74) is 0. The number of hydrogen-bond acceptors (Lipinski definition) is 13. The molecule has 0 saturated carbocycles. The monoisotopic (exact) mass is 1410 g/mol. The molecule has 12 atom stereocenters. The number of amides is 1. The second-order valence-electron chi connectivity index (χ2n) is 30.7. The van der Waals surface area contributed by atoms with Crippen molar-refractivity contribution in [3.8, 4) is 0 Å². The summed E-state index contributed by atoms with van der Waals surface area (Å²) >= 11 is 0. The lowest BCUT2D eigenvalue weighted by Crippen LogP contribution is -2.65. The van der Waals surface area contributed by atoms with Crippen molar-refractivity contribution in [3.05, 3.63) is 24.3 Å². The Morgan fingerprint density at radius 1 is 0.354 bits per heavy atom. The molecule has 0 spiro atoms. The van der Waals surface area contributed by atoms with Crippen molar-refractivity contribution >= 4 is 5.91 Å². The van der Waals surface area contributed by atoms with E-state index in [-0.39, 0.29) is 18.9 Å². The number of carbonyl (C=O) groups is 1. The van der Waals surface area contributed by atoms with Crippen LogP contribution in [0.3, 0.4) is 0 Å². The van der Waals surface area contributed by atoms with Gasteiger partial charge in [-0.2, -0.15) is 0 Å². The molecule has 0 aromatic carbocycles. The quantitative estimate of drug-likeness (QED) is 0.0204. The zero-order valence-electron chi connectivity index (χ0n) is 64.5. The van der Waals surface area contributed by atoms with Crippen LogP contribution in [0, 0.1) is 0 Å². The summed E-state index contributed by atoms with van der Waals surface area (Å²) in [4.78, 5) is 13.4. The van der Waals surface area contributed by atoms with Crippen molar-refractivity contribution in [2.24, 2.45) is 0 Å². The minimum atomic E-state index is -1.79. The Labute approximate surface area is 609 Å². The third-order valence-electron chi connectivity index (χ3n) is 21.4. The van der Waals surface area contributed by atoms with Gasteiger partial charge in [0.05, 0.1) is 32.0 Å². The molecule has 12 unspecified atom stereocenters. The van der Waals surface area contributed by atoms with Gasteiger partial charge in [-0.05, 0) is 32.1 Å². The highest BCUT2D eigenvalue weighted by Gasteiger charge is 2.51.